The minimum Gasteiger partial charge on any atom is -0.496 e. The first-order valence-electron chi connectivity index (χ1n) is 17.6. The summed E-state index contributed by atoms with van der Waals surface area (Å²) in [7, 11) is -2.83. The maximum Gasteiger partial charge on any atom is 0.206 e. The van der Waals surface area contributed by atoms with Gasteiger partial charge in [0.15, 0.2) is 0 Å². The van der Waals surface area contributed by atoms with E-state index in [-0.39, 0.29) is 79.2 Å². The number of halogens is 4. The van der Waals surface area contributed by atoms with Crippen LogP contribution in [0.1, 0.15) is 12.8 Å². The largest absolute Gasteiger partial charge is 0.496 e. The van der Waals surface area contributed by atoms with Crippen molar-refractivity contribution in [2.45, 2.75) is 56.9 Å². The molecule has 0 spiro atoms. The number of piperidine rings is 2. The van der Waals surface area contributed by atoms with Gasteiger partial charge in [-0.3, -0.25) is 10.0 Å². The third-order valence-corrected chi connectivity index (χ3v) is 14.3. The lowest BCUT2D eigenvalue weighted by Gasteiger charge is -2.51. The standard InChI is InChI=1S/C38H42BrClF2N4O8S2/c1-51-35-9-5-23(17-27(35)39)55(47,48)25-7-11-37(53-3)33(19-25)45(31-13-15-43-21-29(31)41)46(32-14-16-44-22-30(32)42)34-20-26(8-12-38(34)54-4)56(49,50)24-6-10-36(52-2)28(40)18-24/h5-12,17-20,29-32,43-44H,13-16,21-22H2,1-4H3. The molecule has 2 aliphatic rings. The van der Waals surface area contributed by atoms with Crippen LogP contribution in [0.25, 0.3) is 0 Å². The maximum absolute atomic E-state index is 16.5. The van der Waals surface area contributed by atoms with E-state index in [0.29, 0.717) is 23.3 Å². The van der Waals surface area contributed by atoms with Crippen molar-refractivity contribution < 1.29 is 44.6 Å². The van der Waals surface area contributed by atoms with Crippen molar-refractivity contribution in [1.29, 1.82) is 0 Å². The summed E-state index contributed by atoms with van der Waals surface area (Å²) >= 11 is 9.70. The van der Waals surface area contributed by atoms with Crippen LogP contribution < -0.4 is 39.6 Å². The van der Waals surface area contributed by atoms with Crippen LogP contribution in [-0.2, 0) is 19.7 Å². The quantitative estimate of drug-likeness (QED) is 0.143. The second-order valence-electron chi connectivity index (χ2n) is 13.1. The van der Waals surface area contributed by atoms with E-state index >= 15 is 8.78 Å². The van der Waals surface area contributed by atoms with Gasteiger partial charge in [0.25, 0.3) is 0 Å². The number of sulfone groups is 2. The van der Waals surface area contributed by atoms with Gasteiger partial charge < -0.3 is 29.6 Å². The molecule has 2 heterocycles. The van der Waals surface area contributed by atoms with Gasteiger partial charge in [-0.25, -0.2) is 25.6 Å². The molecule has 4 unspecified atom stereocenters. The predicted molar refractivity (Wildman–Crippen MR) is 213 cm³/mol. The fraction of sp³-hybridized carbons (Fsp3) is 0.368. The molecule has 2 aliphatic heterocycles. The van der Waals surface area contributed by atoms with Crippen LogP contribution >= 0.6 is 27.5 Å². The molecule has 6 rings (SSSR count). The normalized spacial score (nSPS) is 20.2. The van der Waals surface area contributed by atoms with Crippen LogP contribution in [0.2, 0.25) is 5.02 Å². The van der Waals surface area contributed by atoms with Gasteiger partial charge in [-0.15, -0.1) is 0 Å². The fourth-order valence-corrected chi connectivity index (χ4v) is 10.6. The molecular weight excluding hydrogens is 858 g/mol. The van der Waals surface area contributed by atoms with Gasteiger partial charge in [-0.1, -0.05) is 11.6 Å². The van der Waals surface area contributed by atoms with Gasteiger partial charge >= 0.3 is 0 Å². The topological polar surface area (TPSA) is 136 Å². The number of rotatable bonds is 13. The Labute approximate surface area is 338 Å². The second kappa shape index (κ2) is 17.3. The Kier molecular flexibility index (Phi) is 12.9. The van der Waals surface area contributed by atoms with Crippen molar-refractivity contribution in [2.24, 2.45) is 0 Å². The average Bonchev–Trinajstić information content (AvgIpc) is 3.20. The molecule has 0 aromatic heterocycles. The summed E-state index contributed by atoms with van der Waals surface area (Å²) in [4.78, 5) is -0.504. The van der Waals surface area contributed by atoms with Gasteiger partial charge in [0.1, 0.15) is 46.7 Å². The smallest absolute Gasteiger partial charge is 0.206 e. The van der Waals surface area contributed by atoms with E-state index in [1.54, 1.807) is 0 Å². The average molecular weight is 900 g/mol. The Hall–Kier alpha value is -3.87. The molecule has 0 aliphatic carbocycles. The molecule has 12 nitrogen and oxygen atoms in total. The highest BCUT2D eigenvalue weighted by atomic mass is 79.9. The van der Waals surface area contributed by atoms with Gasteiger partial charge in [0.2, 0.25) is 19.7 Å². The Morgan fingerprint density at radius 1 is 0.607 bits per heavy atom. The van der Waals surface area contributed by atoms with Gasteiger partial charge in [0, 0.05) is 13.1 Å². The molecule has 302 valence electrons. The van der Waals surface area contributed by atoms with Crippen molar-refractivity contribution in [3.8, 4) is 23.0 Å². The number of nitrogens with zero attached hydrogens (tertiary/aromatic N) is 2. The van der Waals surface area contributed by atoms with E-state index < -0.39 is 44.1 Å². The molecular formula is C38H42BrClF2N4O8S2. The first-order valence-corrected chi connectivity index (χ1v) is 21.7. The first kappa shape index (κ1) is 41.8. The Balaban J connectivity index is 1.61. The zero-order valence-electron chi connectivity index (χ0n) is 31.0. The van der Waals surface area contributed by atoms with E-state index in [2.05, 4.69) is 26.6 Å². The lowest BCUT2D eigenvalue weighted by atomic mass is 10.00. The van der Waals surface area contributed by atoms with Gasteiger partial charge in [0.05, 0.1) is 69.6 Å². The van der Waals surface area contributed by atoms with Crippen LogP contribution in [0.5, 0.6) is 23.0 Å². The van der Waals surface area contributed by atoms with Crippen molar-refractivity contribution in [2.75, 3.05) is 64.6 Å². The van der Waals surface area contributed by atoms with E-state index in [0.717, 1.165) is 0 Å². The van der Waals surface area contributed by atoms with E-state index in [1.807, 2.05) is 0 Å². The highest BCUT2D eigenvalue weighted by molar-refractivity contribution is 9.10. The van der Waals surface area contributed by atoms with Gasteiger partial charge in [-0.05, 0) is 115 Å². The van der Waals surface area contributed by atoms with Crippen LogP contribution in [-0.4, -0.2) is 95.9 Å². The number of nitrogens with one attached hydrogen (secondary N) is 2. The molecule has 4 aromatic rings. The molecule has 4 aromatic carbocycles. The molecule has 0 radical (unpaired) electrons. The van der Waals surface area contributed by atoms with Crippen molar-refractivity contribution in [1.82, 2.24) is 10.6 Å². The lowest BCUT2D eigenvalue weighted by Crippen LogP contribution is -2.64. The Bertz CT molecular complexity index is 2130. The maximum atomic E-state index is 16.5. The number of hydrogen-bond acceptors (Lipinski definition) is 12. The van der Waals surface area contributed by atoms with Crippen molar-refractivity contribution in [3.63, 3.8) is 0 Å². The zero-order valence-corrected chi connectivity index (χ0v) is 34.9. The summed E-state index contributed by atoms with van der Waals surface area (Å²) in [5.41, 5.74) is 0.210. The lowest BCUT2D eigenvalue weighted by molar-refractivity contribution is 0.190. The predicted octanol–water partition coefficient (Wildman–Crippen LogP) is 6.43. The van der Waals surface area contributed by atoms with E-state index in [4.69, 9.17) is 30.5 Å². The minimum atomic E-state index is -4.26. The molecule has 56 heavy (non-hydrogen) atoms. The highest BCUT2D eigenvalue weighted by Gasteiger charge is 2.43. The molecule has 0 bridgehead atoms. The summed E-state index contributed by atoms with van der Waals surface area (Å²) in [6, 6.07) is 14.8. The number of hydrazine groups is 1. The fourth-order valence-electron chi connectivity index (χ4n) is 7.01. The second-order valence-corrected chi connectivity index (χ2v) is 18.3. The van der Waals surface area contributed by atoms with E-state index in [1.165, 1.54) is 111 Å². The summed E-state index contributed by atoms with van der Waals surface area (Å²) < 4.78 is 112. The monoisotopic (exact) mass is 898 g/mol. The third kappa shape index (κ3) is 8.11. The van der Waals surface area contributed by atoms with Crippen LogP contribution in [0, 0.1) is 0 Å². The summed E-state index contributed by atoms with van der Waals surface area (Å²) in [6.07, 6.45) is -2.69. The van der Waals surface area contributed by atoms with Crippen LogP contribution in [0.4, 0.5) is 20.2 Å². The summed E-state index contributed by atoms with van der Waals surface area (Å²) in [6.45, 7) is 0.654. The van der Waals surface area contributed by atoms with Crippen molar-refractivity contribution in [3.05, 3.63) is 82.3 Å². The first-order chi connectivity index (χ1) is 26.8. The van der Waals surface area contributed by atoms with Crippen LogP contribution in [0.3, 0.4) is 0 Å². The molecule has 2 N–H and O–H groups in total. The number of anilines is 2. The molecule has 4 atom stereocenters. The number of ether oxygens (including phenoxy) is 4. The number of benzene rings is 4. The molecule has 0 saturated carbocycles. The number of hydrogen-bond donors (Lipinski definition) is 2. The van der Waals surface area contributed by atoms with Gasteiger partial charge in [-0.2, -0.15) is 0 Å². The van der Waals surface area contributed by atoms with Crippen LogP contribution in [0.15, 0.2) is 96.9 Å². The van der Waals surface area contributed by atoms with E-state index in [9.17, 15) is 16.8 Å². The summed E-state index contributed by atoms with van der Waals surface area (Å²) in [5, 5.41) is 9.22. The third-order valence-electron chi connectivity index (χ3n) is 9.89. The Morgan fingerprint density at radius 2 is 0.982 bits per heavy atom. The minimum absolute atomic E-state index is 0.0460. The highest BCUT2D eigenvalue weighted by Crippen LogP contribution is 2.44. The zero-order chi connectivity index (χ0) is 40.4. The SMILES string of the molecule is COc1ccc(S(=O)(=O)c2ccc(OC)c(N(C3CCNCC3F)N(c3cc(S(=O)(=O)c4ccc(OC)c(Br)c4)ccc3OC)C3CCNCC3F)c2)cc1Cl. The van der Waals surface area contributed by atoms with Crippen molar-refractivity contribution >= 4 is 58.6 Å². The number of alkyl halides is 2. The Morgan fingerprint density at radius 3 is 1.36 bits per heavy atom. The summed E-state index contributed by atoms with van der Waals surface area (Å²) in [5.74, 6) is 1.03. The number of methoxy groups -OCH3 is 4. The molecule has 0 amide bonds. The molecule has 2 fully saturated rings. The molecule has 18 heteroatoms. The molecule has 2 saturated heterocycles.